The topological polar surface area (TPSA) is 35.5 Å². The van der Waals surface area contributed by atoms with Gasteiger partial charge in [0, 0.05) is 18.6 Å². The number of aliphatic hydroxyl groups excluding tert-OH is 1. The molecule has 0 amide bonds. The molecule has 20 heavy (non-hydrogen) atoms. The van der Waals surface area contributed by atoms with Gasteiger partial charge in [-0.3, -0.25) is 4.90 Å². The van der Waals surface area contributed by atoms with E-state index < -0.39 is 0 Å². The number of benzene rings is 1. The molecular formula is C17H28N2O. The number of aliphatic hydroxyl groups is 1. The molecule has 1 aromatic rings. The highest BCUT2D eigenvalue weighted by molar-refractivity contribution is 5.26. The minimum Gasteiger partial charge on any atom is -0.394 e. The molecule has 2 unspecified atom stereocenters. The summed E-state index contributed by atoms with van der Waals surface area (Å²) in [5.74, 6) is 0. The molecule has 112 valence electrons. The molecule has 0 aromatic heterocycles. The number of nitrogens with one attached hydrogen (secondary N) is 1. The Labute approximate surface area is 123 Å². The molecule has 1 aliphatic rings. The van der Waals surface area contributed by atoms with Crippen LogP contribution in [0.1, 0.15) is 39.2 Å². The van der Waals surface area contributed by atoms with Crippen molar-refractivity contribution in [2.45, 2.75) is 51.2 Å². The number of likely N-dealkylation sites (tertiary alicyclic amines) is 1. The summed E-state index contributed by atoms with van der Waals surface area (Å²) in [4.78, 5) is 2.50. The second-order valence-electron chi connectivity index (χ2n) is 6.37. The van der Waals surface area contributed by atoms with Crippen LogP contribution in [0, 0.1) is 0 Å². The smallest absolute Gasteiger partial charge is 0.0799 e. The quantitative estimate of drug-likeness (QED) is 0.837. The number of hydrogen-bond acceptors (Lipinski definition) is 3. The zero-order valence-corrected chi connectivity index (χ0v) is 13.0. The first-order valence-corrected chi connectivity index (χ1v) is 7.75. The Balaban J connectivity index is 2.27. The predicted molar refractivity (Wildman–Crippen MR) is 83.7 cm³/mol. The third kappa shape index (κ3) is 3.40. The van der Waals surface area contributed by atoms with Crippen LogP contribution in [0.5, 0.6) is 0 Å². The van der Waals surface area contributed by atoms with Crippen LogP contribution in [-0.2, 0) is 5.54 Å². The zero-order valence-electron chi connectivity index (χ0n) is 13.0. The molecule has 1 saturated heterocycles. The van der Waals surface area contributed by atoms with Gasteiger partial charge < -0.3 is 10.4 Å². The van der Waals surface area contributed by atoms with E-state index in [1.807, 2.05) is 6.07 Å². The third-order valence-electron chi connectivity index (χ3n) is 4.32. The Bertz CT molecular complexity index is 407. The van der Waals surface area contributed by atoms with Gasteiger partial charge in [0.05, 0.1) is 12.1 Å². The lowest BCUT2D eigenvalue weighted by Gasteiger charge is -2.40. The van der Waals surface area contributed by atoms with Gasteiger partial charge in [0.2, 0.25) is 0 Å². The van der Waals surface area contributed by atoms with Crippen molar-refractivity contribution in [1.82, 2.24) is 10.2 Å². The third-order valence-corrected chi connectivity index (χ3v) is 4.32. The molecule has 3 nitrogen and oxygen atoms in total. The molecular weight excluding hydrogens is 248 g/mol. The van der Waals surface area contributed by atoms with E-state index in [-0.39, 0.29) is 12.1 Å². The van der Waals surface area contributed by atoms with Crippen LogP contribution < -0.4 is 5.32 Å². The summed E-state index contributed by atoms with van der Waals surface area (Å²) in [6, 6.07) is 11.3. The Hall–Kier alpha value is -0.900. The number of nitrogens with zero attached hydrogens (tertiary/aromatic N) is 1. The van der Waals surface area contributed by atoms with Crippen molar-refractivity contribution in [1.29, 1.82) is 0 Å². The summed E-state index contributed by atoms with van der Waals surface area (Å²) >= 11 is 0. The molecule has 1 heterocycles. The Kier molecular flexibility index (Phi) is 5.19. The van der Waals surface area contributed by atoms with Crippen molar-refractivity contribution in [3.63, 3.8) is 0 Å². The van der Waals surface area contributed by atoms with E-state index in [2.05, 4.69) is 55.3 Å². The van der Waals surface area contributed by atoms with Crippen molar-refractivity contribution >= 4 is 0 Å². The molecule has 0 saturated carbocycles. The standard InChI is InChI=1S/C17H28N2O/c1-14(2)18-17(13-20,16-9-5-4-6-10-16)12-19-11-7-8-15(19)3/h4-6,9-10,14-15,18,20H,7-8,11-13H2,1-3H3. The fraction of sp³-hybridized carbons (Fsp3) is 0.647. The van der Waals surface area contributed by atoms with Crippen LogP contribution >= 0.6 is 0 Å². The van der Waals surface area contributed by atoms with Crippen LogP contribution in [0.25, 0.3) is 0 Å². The van der Waals surface area contributed by atoms with Gasteiger partial charge in [0.1, 0.15) is 0 Å². The first-order valence-electron chi connectivity index (χ1n) is 7.75. The van der Waals surface area contributed by atoms with E-state index in [1.54, 1.807) is 0 Å². The number of rotatable bonds is 6. The van der Waals surface area contributed by atoms with Crippen LogP contribution in [0.3, 0.4) is 0 Å². The summed E-state index contributed by atoms with van der Waals surface area (Å²) in [5, 5.41) is 13.8. The molecule has 0 aliphatic carbocycles. The molecule has 2 rings (SSSR count). The average molecular weight is 276 g/mol. The van der Waals surface area contributed by atoms with Crippen molar-refractivity contribution in [3.8, 4) is 0 Å². The maximum absolute atomic E-state index is 10.1. The molecule has 2 atom stereocenters. The normalized spacial score (nSPS) is 23.1. The van der Waals surface area contributed by atoms with Gasteiger partial charge in [-0.05, 0) is 45.7 Å². The molecule has 0 spiro atoms. The van der Waals surface area contributed by atoms with E-state index in [9.17, 15) is 5.11 Å². The molecule has 2 N–H and O–H groups in total. The first kappa shape index (κ1) is 15.5. The molecule has 1 aromatic carbocycles. The highest BCUT2D eigenvalue weighted by Crippen LogP contribution is 2.27. The van der Waals surface area contributed by atoms with E-state index >= 15 is 0 Å². The van der Waals surface area contributed by atoms with Gasteiger partial charge >= 0.3 is 0 Å². The maximum atomic E-state index is 10.1. The van der Waals surface area contributed by atoms with Crippen LogP contribution in [0.4, 0.5) is 0 Å². The van der Waals surface area contributed by atoms with Crippen LogP contribution in [-0.4, -0.2) is 41.8 Å². The van der Waals surface area contributed by atoms with Gasteiger partial charge in [-0.15, -0.1) is 0 Å². The molecule has 1 fully saturated rings. The lowest BCUT2D eigenvalue weighted by molar-refractivity contribution is 0.0961. The van der Waals surface area contributed by atoms with Gasteiger partial charge in [-0.2, -0.15) is 0 Å². The van der Waals surface area contributed by atoms with Crippen molar-refractivity contribution in [2.24, 2.45) is 0 Å². The lowest BCUT2D eigenvalue weighted by atomic mass is 9.88. The van der Waals surface area contributed by atoms with E-state index in [1.165, 1.54) is 18.4 Å². The molecule has 0 radical (unpaired) electrons. The lowest BCUT2D eigenvalue weighted by Crippen LogP contribution is -2.56. The maximum Gasteiger partial charge on any atom is 0.0799 e. The fourth-order valence-corrected chi connectivity index (χ4v) is 3.29. The predicted octanol–water partition coefficient (Wildman–Crippen LogP) is 2.36. The summed E-state index contributed by atoms with van der Waals surface area (Å²) < 4.78 is 0. The molecule has 1 aliphatic heterocycles. The Morgan fingerprint density at radius 1 is 1.35 bits per heavy atom. The summed E-state index contributed by atoms with van der Waals surface area (Å²) in [6.45, 7) is 8.69. The summed E-state index contributed by atoms with van der Waals surface area (Å²) in [6.07, 6.45) is 2.52. The van der Waals surface area contributed by atoms with Crippen molar-refractivity contribution in [2.75, 3.05) is 19.7 Å². The largest absolute Gasteiger partial charge is 0.394 e. The average Bonchev–Trinajstić information content (AvgIpc) is 2.84. The minimum absolute atomic E-state index is 0.123. The van der Waals surface area contributed by atoms with Gasteiger partial charge in [0.25, 0.3) is 0 Å². The molecule has 0 bridgehead atoms. The Morgan fingerprint density at radius 2 is 2.05 bits per heavy atom. The first-order chi connectivity index (χ1) is 9.57. The van der Waals surface area contributed by atoms with Gasteiger partial charge in [-0.1, -0.05) is 30.3 Å². The minimum atomic E-state index is -0.367. The zero-order chi connectivity index (χ0) is 14.6. The van der Waals surface area contributed by atoms with Crippen molar-refractivity contribution < 1.29 is 5.11 Å². The van der Waals surface area contributed by atoms with E-state index in [0.717, 1.165) is 13.1 Å². The fourth-order valence-electron chi connectivity index (χ4n) is 3.29. The monoisotopic (exact) mass is 276 g/mol. The molecule has 3 heteroatoms. The van der Waals surface area contributed by atoms with Crippen LogP contribution in [0.2, 0.25) is 0 Å². The van der Waals surface area contributed by atoms with Crippen LogP contribution in [0.15, 0.2) is 30.3 Å². The second-order valence-corrected chi connectivity index (χ2v) is 6.37. The summed E-state index contributed by atoms with van der Waals surface area (Å²) in [5.41, 5.74) is 0.809. The van der Waals surface area contributed by atoms with Gasteiger partial charge in [-0.25, -0.2) is 0 Å². The van der Waals surface area contributed by atoms with E-state index in [0.29, 0.717) is 12.1 Å². The van der Waals surface area contributed by atoms with E-state index in [4.69, 9.17) is 0 Å². The highest BCUT2D eigenvalue weighted by Gasteiger charge is 2.36. The summed E-state index contributed by atoms with van der Waals surface area (Å²) in [7, 11) is 0. The number of hydrogen-bond donors (Lipinski definition) is 2. The Morgan fingerprint density at radius 3 is 2.55 bits per heavy atom. The van der Waals surface area contributed by atoms with Crippen molar-refractivity contribution in [3.05, 3.63) is 35.9 Å². The highest BCUT2D eigenvalue weighted by atomic mass is 16.3. The SMILES string of the molecule is CC(C)NC(CO)(CN1CCCC1C)c1ccccc1. The second kappa shape index (κ2) is 6.70. The van der Waals surface area contributed by atoms with Gasteiger partial charge in [0.15, 0.2) is 0 Å².